The molecule has 0 unspecified atom stereocenters. The molecule has 0 fully saturated rings. The summed E-state index contributed by atoms with van der Waals surface area (Å²) in [4.78, 5) is 23.7. The molecule has 0 spiro atoms. The van der Waals surface area contributed by atoms with Crippen LogP contribution in [-0.2, 0) is 9.59 Å². The Labute approximate surface area is 156 Å². The number of nitrogens with one attached hydrogen (secondary N) is 2. The Morgan fingerprint density at radius 1 is 0.889 bits per heavy atom. The first kappa shape index (κ1) is 18.1. The lowest BCUT2D eigenvalue weighted by atomic mass is 10.0. The van der Waals surface area contributed by atoms with Crippen LogP contribution in [0, 0.1) is 0 Å². The second-order valence-corrected chi connectivity index (χ2v) is 5.93. The van der Waals surface area contributed by atoms with E-state index in [0.29, 0.717) is 11.3 Å². The van der Waals surface area contributed by atoms with Gasteiger partial charge in [-0.15, -0.1) is 0 Å². The molecule has 0 aromatic heterocycles. The summed E-state index contributed by atoms with van der Waals surface area (Å²) in [5, 5.41) is 18.4. The van der Waals surface area contributed by atoms with Crippen LogP contribution in [0.3, 0.4) is 0 Å². The number of para-hydroxylation sites is 1. The zero-order valence-corrected chi connectivity index (χ0v) is 14.6. The van der Waals surface area contributed by atoms with Gasteiger partial charge < -0.3 is 10.4 Å². The van der Waals surface area contributed by atoms with Gasteiger partial charge in [-0.3, -0.25) is 9.59 Å². The third-order valence-electron chi connectivity index (χ3n) is 3.97. The molecule has 3 aromatic carbocycles. The predicted molar refractivity (Wildman–Crippen MR) is 106 cm³/mol. The third-order valence-corrected chi connectivity index (χ3v) is 3.97. The van der Waals surface area contributed by atoms with E-state index in [1.807, 2.05) is 48.5 Å². The van der Waals surface area contributed by atoms with Crippen LogP contribution in [0.15, 0.2) is 71.8 Å². The quantitative estimate of drug-likeness (QED) is 0.464. The molecule has 6 nitrogen and oxygen atoms in total. The van der Waals surface area contributed by atoms with E-state index in [-0.39, 0.29) is 30.4 Å². The number of anilines is 1. The summed E-state index contributed by atoms with van der Waals surface area (Å²) in [7, 11) is 0. The highest BCUT2D eigenvalue weighted by atomic mass is 16.3. The van der Waals surface area contributed by atoms with Gasteiger partial charge in [0.05, 0.1) is 6.21 Å². The molecule has 136 valence electrons. The van der Waals surface area contributed by atoms with E-state index in [1.165, 1.54) is 6.21 Å². The predicted octanol–water partition coefficient (Wildman–Crippen LogP) is 3.41. The van der Waals surface area contributed by atoms with Crippen LogP contribution in [0.25, 0.3) is 10.8 Å². The normalized spacial score (nSPS) is 10.8. The third kappa shape index (κ3) is 4.92. The number of nitrogens with zero attached hydrogens (tertiary/aromatic N) is 1. The molecule has 3 rings (SSSR count). The van der Waals surface area contributed by atoms with Gasteiger partial charge in [-0.25, -0.2) is 5.43 Å². The lowest BCUT2D eigenvalue weighted by molar-refractivity contribution is -0.124. The van der Waals surface area contributed by atoms with Gasteiger partial charge in [-0.05, 0) is 29.0 Å². The van der Waals surface area contributed by atoms with Crippen molar-refractivity contribution in [2.45, 2.75) is 12.8 Å². The molecule has 3 aromatic rings. The number of amides is 2. The number of phenolic OH excluding ortho intramolecular Hbond substituents is 1. The van der Waals surface area contributed by atoms with Crippen molar-refractivity contribution in [3.05, 3.63) is 72.3 Å². The second-order valence-electron chi connectivity index (χ2n) is 5.93. The van der Waals surface area contributed by atoms with Crippen LogP contribution < -0.4 is 10.7 Å². The summed E-state index contributed by atoms with van der Waals surface area (Å²) < 4.78 is 0. The summed E-state index contributed by atoms with van der Waals surface area (Å²) in [5.41, 5.74) is 3.59. The van der Waals surface area contributed by atoms with Crippen molar-refractivity contribution >= 4 is 34.5 Å². The number of hydrogen-bond acceptors (Lipinski definition) is 4. The molecule has 6 heteroatoms. The van der Waals surface area contributed by atoms with Gasteiger partial charge in [0.2, 0.25) is 11.8 Å². The molecule has 0 heterocycles. The summed E-state index contributed by atoms with van der Waals surface area (Å²) in [6.07, 6.45) is 1.47. The van der Waals surface area contributed by atoms with Crippen LogP contribution in [0.1, 0.15) is 18.4 Å². The van der Waals surface area contributed by atoms with E-state index in [1.54, 1.807) is 18.2 Å². The van der Waals surface area contributed by atoms with Gasteiger partial charge in [-0.2, -0.15) is 5.10 Å². The molecular formula is C21H19N3O3. The Kier molecular flexibility index (Phi) is 5.79. The number of hydrazone groups is 1. The molecule has 0 saturated carbocycles. The van der Waals surface area contributed by atoms with E-state index in [4.69, 9.17) is 0 Å². The minimum Gasteiger partial charge on any atom is -0.507 e. The zero-order chi connectivity index (χ0) is 19.1. The van der Waals surface area contributed by atoms with Crippen LogP contribution in [0.2, 0.25) is 0 Å². The van der Waals surface area contributed by atoms with Crippen LogP contribution in [0.4, 0.5) is 5.69 Å². The van der Waals surface area contributed by atoms with Crippen molar-refractivity contribution in [3.63, 3.8) is 0 Å². The first-order valence-electron chi connectivity index (χ1n) is 8.51. The minimum atomic E-state index is -0.380. The van der Waals surface area contributed by atoms with E-state index >= 15 is 0 Å². The standard InChI is InChI=1S/C21H19N3O3/c25-19-11-10-15-6-4-5-9-17(15)18(19)14-22-24-21(27)13-12-20(26)23-16-7-2-1-3-8-16/h1-11,14,25H,12-13H2,(H,23,26)(H,24,27). The molecule has 0 saturated heterocycles. The van der Waals surface area contributed by atoms with Crippen molar-refractivity contribution in [2.24, 2.45) is 5.10 Å². The summed E-state index contributed by atoms with van der Waals surface area (Å²) in [6.45, 7) is 0. The maximum absolute atomic E-state index is 11.9. The monoisotopic (exact) mass is 361 g/mol. The first-order chi connectivity index (χ1) is 13.1. The average Bonchev–Trinajstić information content (AvgIpc) is 2.69. The van der Waals surface area contributed by atoms with Gasteiger partial charge in [0.1, 0.15) is 5.75 Å². The zero-order valence-electron chi connectivity index (χ0n) is 14.6. The molecule has 27 heavy (non-hydrogen) atoms. The maximum Gasteiger partial charge on any atom is 0.240 e. The van der Waals surface area contributed by atoms with Crippen molar-refractivity contribution in [3.8, 4) is 5.75 Å². The Morgan fingerprint density at radius 2 is 1.59 bits per heavy atom. The highest BCUT2D eigenvalue weighted by Gasteiger charge is 2.07. The number of fused-ring (bicyclic) bond motifs is 1. The Morgan fingerprint density at radius 3 is 2.41 bits per heavy atom. The number of hydrogen-bond donors (Lipinski definition) is 3. The van der Waals surface area contributed by atoms with Gasteiger partial charge >= 0.3 is 0 Å². The number of benzene rings is 3. The molecule has 0 aliphatic carbocycles. The van der Waals surface area contributed by atoms with Crippen molar-refractivity contribution in [1.29, 1.82) is 0 Å². The number of carbonyl (C=O) groups is 2. The van der Waals surface area contributed by atoms with Gasteiger partial charge in [0.15, 0.2) is 0 Å². The largest absolute Gasteiger partial charge is 0.507 e. The van der Waals surface area contributed by atoms with E-state index in [9.17, 15) is 14.7 Å². The molecule has 2 amide bonds. The van der Waals surface area contributed by atoms with E-state index in [2.05, 4.69) is 15.8 Å². The maximum atomic E-state index is 11.9. The number of carbonyl (C=O) groups excluding carboxylic acids is 2. The lowest BCUT2D eigenvalue weighted by Gasteiger charge is -2.05. The van der Waals surface area contributed by atoms with Crippen LogP contribution in [-0.4, -0.2) is 23.1 Å². The van der Waals surface area contributed by atoms with Crippen LogP contribution in [0.5, 0.6) is 5.75 Å². The van der Waals surface area contributed by atoms with Crippen molar-refractivity contribution < 1.29 is 14.7 Å². The van der Waals surface area contributed by atoms with Gasteiger partial charge in [0, 0.05) is 24.1 Å². The topological polar surface area (TPSA) is 90.8 Å². The molecule has 0 bridgehead atoms. The summed E-state index contributed by atoms with van der Waals surface area (Å²) >= 11 is 0. The molecule has 3 N–H and O–H groups in total. The highest BCUT2D eigenvalue weighted by molar-refractivity contribution is 6.02. The molecule has 0 radical (unpaired) electrons. The Hall–Kier alpha value is -3.67. The van der Waals surface area contributed by atoms with Crippen molar-refractivity contribution in [2.75, 3.05) is 5.32 Å². The molecule has 0 atom stereocenters. The fraction of sp³-hybridized carbons (Fsp3) is 0.0952. The van der Waals surface area contributed by atoms with Crippen molar-refractivity contribution in [1.82, 2.24) is 5.43 Å². The molecule has 0 aliphatic heterocycles. The van der Waals surface area contributed by atoms with E-state index < -0.39 is 0 Å². The van der Waals surface area contributed by atoms with Gasteiger partial charge in [0.25, 0.3) is 0 Å². The Bertz CT molecular complexity index is 984. The van der Waals surface area contributed by atoms with Gasteiger partial charge in [-0.1, -0.05) is 48.5 Å². The fourth-order valence-electron chi connectivity index (χ4n) is 2.62. The Balaban J connectivity index is 1.53. The lowest BCUT2D eigenvalue weighted by Crippen LogP contribution is -2.20. The summed E-state index contributed by atoms with van der Waals surface area (Å²) in [5.74, 6) is -0.546. The first-order valence-corrected chi connectivity index (χ1v) is 8.51. The minimum absolute atomic E-state index is 0.0114. The average molecular weight is 361 g/mol. The SMILES string of the molecule is O=C(CCC(=O)Nc1ccccc1)NN=Cc1c(O)ccc2ccccc12. The molecule has 0 aliphatic rings. The fourth-order valence-corrected chi connectivity index (χ4v) is 2.62. The number of phenols is 1. The van der Waals surface area contributed by atoms with E-state index in [0.717, 1.165) is 10.8 Å². The highest BCUT2D eigenvalue weighted by Crippen LogP contribution is 2.25. The van der Waals surface area contributed by atoms with Crippen LogP contribution >= 0.6 is 0 Å². The summed E-state index contributed by atoms with van der Waals surface area (Å²) in [6, 6.07) is 20.0. The second kappa shape index (κ2) is 8.62. The number of rotatable bonds is 6. The number of aromatic hydroxyl groups is 1. The molecular weight excluding hydrogens is 342 g/mol. The smallest absolute Gasteiger partial charge is 0.240 e.